The van der Waals surface area contributed by atoms with Crippen LogP contribution < -0.4 is 10.6 Å². The molecule has 0 amide bonds. The quantitative estimate of drug-likeness (QED) is 0.878. The van der Waals surface area contributed by atoms with Crippen molar-refractivity contribution in [3.8, 4) is 0 Å². The fraction of sp³-hybridized carbons (Fsp3) is 0.750. The highest BCUT2D eigenvalue weighted by atomic mass is 32.1. The van der Waals surface area contributed by atoms with Crippen LogP contribution in [-0.4, -0.2) is 49.2 Å². The van der Waals surface area contributed by atoms with E-state index in [0.717, 1.165) is 32.7 Å². The Labute approximate surface area is 107 Å². The van der Waals surface area contributed by atoms with Gasteiger partial charge < -0.3 is 15.5 Å². The van der Waals surface area contributed by atoms with Crippen molar-refractivity contribution in [3.63, 3.8) is 0 Å². The number of rotatable bonds is 4. The Hall–Kier alpha value is -0.650. The van der Waals surface area contributed by atoms with Gasteiger partial charge in [0.2, 0.25) is 0 Å². The summed E-state index contributed by atoms with van der Waals surface area (Å²) in [5, 5.41) is 3.22. The zero-order valence-electron chi connectivity index (χ0n) is 10.5. The van der Waals surface area contributed by atoms with Crippen molar-refractivity contribution in [3.05, 3.63) is 11.6 Å². The number of anilines is 1. The van der Waals surface area contributed by atoms with E-state index in [9.17, 15) is 0 Å². The second-order valence-electron chi connectivity index (χ2n) is 4.80. The predicted octanol–water partition coefficient (Wildman–Crippen LogP) is 1.25. The van der Waals surface area contributed by atoms with Gasteiger partial charge in [-0.3, -0.25) is 0 Å². The largest absolute Gasteiger partial charge is 0.347 e. The molecule has 1 unspecified atom stereocenters. The van der Waals surface area contributed by atoms with E-state index in [-0.39, 0.29) is 0 Å². The van der Waals surface area contributed by atoms with Crippen LogP contribution in [0.25, 0.3) is 0 Å². The molecular weight excluding hydrogens is 232 g/mol. The summed E-state index contributed by atoms with van der Waals surface area (Å²) >= 11 is 1.73. The summed E-state index contributed by atoms with van der Waals surface area (Å²) in [6, 6.07) is 0. The van der Waals surface area contributed by atoms with Crippen molar-refractivity contribution < 1.29 is 0 Å². The summed E-state index contributed by atoms with van der Waals surface area (Å²) in [5.41, 5.74) is 5.69. The molecule has 1 aliphatic rings. The second kappa shape index (κ2) is 6.33. The van der Waals surface area contributed by atoms with Crippen molar-refractivity contribution in [2.24, 2.45) is 11.7 Å². The van der Waals surface area contributed by atoms with Crippen molar-refractivity contribution >= 4 is 16.5 Å². The first-order chi connectivity index (χ1) is 8.29. The zero-order valence-corrected chi connectivity index (χ0v) is 11.3. The van der Waals surface area contributed by atoms with Crippen LogP contribution in [-0.2, 0) is 0 Å². The van der Waals surface area contributed by atoms with Crippen LogP contribution in [0.1, 0.15) is 13.3 Å². The Kier molecular flexibility index (Phi) is 4.76. The van der Waals surface area contributed by atoms with Gasteiger partial charge in [0.25, 0.3) is 0 Å². The van der Waals surface area contributed by atoms with Gasteiger partial charge in [0.1, 0.15) is 0 Å². The molecule has 1 aromatic rings. The molecular formula is C12H22N4S. The molecule has 1 aromatic heterocycles. The summed E-state index contributed by atoms with van der Waals surface area (Å²) in [6.45, 7) is 8.67. The average Bonchev–Trinajstić information content (AvgIpc) is 2.77. The maximum atomic E-state index is 5.69. The third-order valence-electron chi connectivity index (χ3n) is 3.25. The average molecular weight is 254 g/mol. The van der Waals surface area contributed by atoms with Gasteiger partial charge in [0.05, 0.1) is 0 Å². The minimum Gasteiger partial charge on any atom is -0.347 e. The van der Waals surface area contributed by atoms with Crippen molar-refractivity contribution in [2.75, 3.05) is 44.2 Å². The molecule has 1 fully saturated rings. The number of nitrogens with two attached hydrogens (primary N) is 1. The van der Waals surface area contributed by atoms with E-state index in [2.05, 4.69) is 27.1 Å². The van der Waals surface area contributed by atoms with Gasteiger partial charge in [-0.2, -0.15) is 0 Å². The van der Waals surface area contributed by atoms with Crippen molar-refractivity contribution in [1.82, 2.24) is 9.88 Å². The number of hydrogen-bond donors (Lipinski definition) is 1. The first kappa shape index (κ1) is 12.8. The monoisotopic (exact) mass is 254 g/mol. The molecule has 2 rings (SSSR count). The maximum absolute atomic E-state index is 5.69. The maximum Gasteiger partial charge on any atom is 0.185 e. The molecule has 1 saturated heterocycles. The van der Waals surface area contributed by atoms with E-state index in [0.29, 0.717) is 5.92 Å². The lowest BCUT2D eigenvalue weighted by Gasteiger charge is -2.23. The fourth-order valence-electron chi connectivity index (χ4n) is 2.23. The van der Waals surface area contributed by atoms with Crippen LogP contribution in [0.3, 0.4) is 0 Å². The normalized spacial score (nSPS) is 20.2. The lowest BCUT2D eigenvalue weighted by Crippen LogP contribution is -2.35. The number of nitrogens with zero attached hydrogens (tertiary/aromatic N) is 3. The molecule has 2 N–H and O–H groups in total. The second-order valence-corrected chi connectivity index (χ2v) is 5.67. The highest BCUT2D eigenvalue weighted by molar-refractivity contribution is 7.13. The molecule has 5 heteroatoms. The van der Waals surface area contributed by atoms with E-state index >= 15 is 0 Å². The predicted molar refractivity (Wildman–Crippen MR) is 73.6 cm³/mol. The molecule has 96 valence electrons. The third-order valence-corrected chi connectivity index (χ3v) is 4.08. The summed E-state index contributed by atoms with van der Waals surface area (Å²) in [5.74, 6) is 0.599. The van der Waals surface area contributed by atoms with Crippen LogP contribution in [0.4, 0.5) is 5.13 Å². The number of hydrogen-bond acceptors (Lipinski definition) is 5. The Balaban J connectivity index is 1.85. The topological polar surface area (TPSA) is 45.4 Å². The van der Waals surface area contributed by atoms with E-state index in [4.69, 9.17) is 5.73 Å². The van der Waals surface area contributed by atoms with Gasteiger partial charge in [-0.1, -0.05) is 6.92 Å². The first-order valence-electron chi connectivity index (χ1n) is 6.36. The molecule has 0 aliphatic carbocycles. The third kappa shape index (κ3) is 3.66. The van der Waals surface area contributed by atoms with E-state index in [1.807, 2.05) is 6.20 Å². The first-order valence-corrected chi connectivity index (χ1v) is 7.24. The SMILES string of the molecule is CC(CN)CN1CCCN(c2nccs2)CC1. The van der Waals surface area contributed by atoms with Crippen LogP contribution in [0.15, 0.2) is 11.6 Å². The molecule has 2 heterocycles. The van der Waals surface area contributed by atoms with Crippen LogP contribution in [0.5, 0.6) is 0 Å². The van der Waals surface area contributed by atoms with E-state index in [1.165, 1.54) is 18.1 Å². The molecule has 4 nitrogen and oxygen atoms in total. The zero-order chi connectivity index (χ0) is 12.1. The standard InChI is InChI=1S/C12H22N4S/c1-11(9-13)10-15-4-2-5-16(7-6-15)12-14-3-8-17-12/h3,8,11H,2,4-7,9-10,13H2,1H3. The molecule has 17 heavy (non-hydrogen) atoms. The molecule has 0 aromatic carbocycles. The van der Waals surface area contributed by atoms with Gasteiger partial charge in [-0.05, 0) is 25.4 Å². The smallest absolute Gasteiger partial charge is 0.185 e. The highest BCUT2D eigenvalue weighted by Gasteiger charge is 2.17. The van der Waals surface area contributed by atoms with Gasteiger partial charge in [-0.25, -0.2) is 4.98 Å². The van der Waals surface area contributed by atoms with Crippen molar-refractivity contribution in [2.45, 2.75) is 13.3 Å². The van der Waals surface area contributed by atoms with Gasteiger partial charge >= 0.3 is 0 Å². The number of aromatic nitrogens is 1. The lowest BCUT2D eigenvalue weighted by molar-refractivity contribution is 0.255. The summed E-state index contributed by atoms with van der Waals surface area (Å²) in [7, 11) is 0. The van der Waals surface area contributed by atoms with Gasteiger partial charge in [-0.15, -0.1) is 11.3 Å². The van der Waals surface area contributed by atoms with Crippen LogP contribution in [0.2, 0.25) is 0 Å². The Morgan fingerprint density at radius 1 is 1.41 bits per heavy atom. The minimum atomic E-state index is 0.599. The van der Waals surface area contributed by atoms with Crippen LogP contribution >= 0.6 is 11.3 Å². The van der Waals surface area contributed by atoms with Crippen LogP contribution in [0, 0.1) is 5.92 Å². The Morgan fingerprint density at radius 2 is 2.29 bits per heavy atom. The fourth-order valence-corrected chi connectivity index (χ4v) is 2.93. The molecule has 0 saturated carbocycles. The van der Waals surface area contributed by atoms with Gasteiger partial charge in [0, 0.05) is 37.8 Å². The molecule has 1 aliphatic heterocycles. The minimum absolute atomic E-state index is 0.599. The van der Waals surface area contributed by atoms with Crippen molar-refractivity contribution in [1.29, 1.82) is 0 Å². The number of thiazole rings is 1. The Bertz CT molecular complexity index is 314. The molecule has 0 bridgehead atoms. The molecule has 1 atom stereocenters. The highest BCUT2D eigenvalue weighted by Crippen LogP contribution is 2.19. The lowest BCUT2D eigenvalue weighted by atomic mass is 10.1. The molecule has 0 spiro atoms. The van der Waals surface area contributed by atoms with E-state index < -0.39 is 0 Å². The molecule has 0 radical (unpaired) electrons. The van der Waals surface area contributed by atoms with E-state index in [1.54, 1.807) is 11.3 Å². The summed E-state index contributed by atoms with van der Waals surface area (Å²) in [6.07, 6.45) is 3.11. The Morgan fingerprint density at radius 3 is 3.00 bits per heavy atom. The van der Waals surface area contributed by atoms with Gasteiger partial charge in [0.15, 0.2) is 5.13 Å². The summed E-state index contributed by atoms with van der Waals surface area (Å²) in [4.78, 5) is 9.32. The summed E-state index contributed by atoms with van der Waals surface area (Å²) < 4.78 is 0.